The first-order valence-electron chi connectivity index (χ1n) is 8.19. The zero-order valence-electron chi connectivity index (χ0n) is 14.5. The number of hydrogen-bond donors (Lipinski definition) is 1. The first-order valence-corrected chi connectivity index (χ1v) is 8.19. The van der Waals surface area contributed by atoms with E-state index >= 15 is 0 Å². The molecule has 0 unspecified atom stereocenters. The van der Waals surface area contributed by atoms with Crippen molar-refractivity contribution in [3.8, 4) is 0 Å². The fourth-order valence-electron chi connectivity index (χ4n) is 2.75. The maximum atomic E-state index is 12.5. The maximum absolute atomic E-state index is 12.5. The van der Waals surface area contributed by atoms with Crippen LogP contribution in [-0.4, -0.2) is 27.1 Å². The molecule has 1 aromatic carbocycles. The van der Waals surface area contributed by atoms with Gasteiger partial charge in [0, 0.05) is 19.7 Å². The van der Waals surface area contributed by atoms with Crippen LogP contribution in [0.3, 0.4) is 0 Å². The first-order chi connectivity index (χ1) is 12.1. The van der Waals surface area contributed by atoms with Gasteiger partial charge in [0.25, 0.3) is 0 Å². The van der Waals surface area contributed by atoms with E-state index in [0.29, 0.717) is 18.9 Å². The molecule has 0 aliphatic heterocycles. The Morgan fingerprint density at radius 1 is 1.20 bits per heavy atom. The largest absolute Gasteiger partial charge is 0.468 e. The molecule has 1 N–H and O–H groups in total. The highest BCUT2D eigenvalue weighted by atomic mass is 16.3. The maximum Gasteiger partial charge on any atom is 0.239 e. The van der Waals surface area contributed by atoms with Gasteiger partial charge in [0.15, 0.2) is 0 Å². The Morgan fingerprint density at radius 2 is 2.00 bits per heavy atom. The Morgan fingerprint density at radius 3 is 2.64 bits per heavy atom. The molecule has 0 atom stereocenters. The summed E-state index contributed by atoms with van der Waals surface area (Å²) < 4.78 is 7.10. The summed E-state index contributed by atoms with van der Waals surface area (Å²) in [5.74, 6) is 1.45. The van der Waals surface area contributed by atoms with E-state index in [1.807, 2.05) is 55.3 Å². The summed E-state index contributed by atoms with van der Waals surface area (Å²) in [7, 11) is 1.81. The molecule has 2 heterocycles. The number of benzene rings is 1. The minimum Gasteiger partial charge on any atom is -0.468 e. The fourth-order valence-corrected chi connectivity index (χ4v) is 2.75. The second kappa shape index (κ2) is 7.81. The van der Waals surface area contributed by atoms with Crippen LogP contribution < -0.4 is 5.32 Å². The van der Waals surface area contributed by atoms with Crippen molar-refractivity contribution in [2.45, 2.75) is 20.0 Å². The average Bonchev–Trinajstić information content (AvgIpc) is 3.18. The highest BCUT2D eigenvalue weighted by molar-refractivity contribution is 5.91. The van der Waals surface area contributed by atoms with Crippen molar-refractivity contribution in [2.75, 3.05) is 11.9 Å². The molecule has 3 rings (SSSR count). The molecule has 0 bridgehead atoms. The molecule has 6 heteroatoms. The van der Waals surface area contributed by atoms with Gasteiger partial charge >= 0.3 is 0 Å². The Bertz CT molecular complexity index is 809. The quantitative estimate of drug-likeness (QED) is 0.719. The van der Waals surface area contributed by atoms with Gasteiger partial charge in [-0.15, -0.1) is 0 Å². The highest BCUT2D eigenvalue weighted by Crippen LogP contribution is 2.12. The van der Waals surface area contributed by atoms with Crippen LogP contribution in [0.15, 0.2) is 59.2 Å². The Kier molecular flexibility index (Phi) is 5.30. The van der Waals surface area contributed by atoms with Crippen LogP contribution in [0.1, 0.15) is 17.0 Å². The van der Waals surface area contributed by atoms with Crippen LogP contribution in [0.25, 0.3) is 0 Å². The molecule has 0 radical (unpaired) electrons. The van der Waals surface area contributed by atoms with E-state index in [0.717, 1.165) is 17.0 Å². The number of carbonyl (C=O) groups excluding carboxylic acids is 1. The molecule has 3 aromatic rings. The number of hydrogen-bond acceptors (Lipinski definition) is 4. The van der Waals surface area contributed by atoms with Gasteiger partial charge < -0.3 is 9.73 Å². The predicted molar refractivity (Wildman–Crippen MR) is 95.8 cm³/mol. The summed E-state index contributed by atoms with van der Waals surface area (Å²) in [6, 6.07) is 15.7. The summed E-state index contributed by atoms with van der Waals surface area (Å²) in [6.45, 7) is 3.40. The lowest BCUT2D eigenvalue weighted by atomic mass is 10.2. The SMILES string of the molecule is Cc1cc(NC(=O)CN(Cc2ccccc2)Cc2ccco2)n(C)n1. The minimum absolute atomic E-state index is 0.0783. The molecule has 25 heavy (non-hydrogen) atoms. The summed E-state index contributed by atoms with van der Waals surface area (Å²) in [5.41, 5.74) is 2.02. The van der Waals surface area contributed by atoms with Gasteiger partial charge in [-0.2, -0.15) is 5.10 Å². The number of nitrogens with one attached hydrogen (secondary N) is 1. The van der Waals surface area contributed by atoms with Crippen LogP contribution >= 0.6 is 0 Å². The molecule has 0 saturated carbocycles. The molecule has 6 nitrogen and oxygen atoms in total. The van der Waals surface area contributed by atoms with Crippen molar-refractivity contribution in [3.05, 3.63) is 71.8 Å². The third-order valence-electron chi connectivity index (χ3n) is 3.85. The molecule has 0 aliphatic rings. The lowest BCUT2D eigenvalue weighted by Gasteiger charge is -2.21. The van der Waals surface area contributed by atoms with Gasteiger partial charge in [-0.25, -0.2) is 0 Å². The monoisotopic (exact) mass is 338 g/mol. The number of amides is 1. The molecule has 0 aliphatic carbocycles. The van der Waals surface area contributed by atoms with E-state index in [-0.39, 0.29) is 12.5 Å². The van der Waals surface area contributed by atoms with Gasteiger partial charge in [-0.1, -0.05) is 30.3 Å². The van der Waals surface area contributed by atoms with Crippen molar-refractivity contribution in [1.82, 2.24) is 14.7 Å². The van der Waals surface area contributed by atoms with Gasteiger partial charge in [-0.3, -0.25) is 14.4 Å². The first kappa shape index (κ1) is 17.0. The summed E-state index contributed by atoms with van der Waals surface area (Å²) in [6.07, 6.45) is 1.65. The van der Waals surface area contributed by atoms with Crippen LogP contribution in [0, 0.1) is 6.92 Å². The molecular formula is C19H22N4O2. The average molecular weight is 338 g/mol. The van der Waals surface area contributed by atoms with E-state index < -0.39 is 0 Å². The van der Waals surface area contributed by atoms with E-state index in [2.05, 4.69) is 22.5 Å². The molecule has 0 saturated heterocycles. The molecule has 0 fully saturated rings. The zero-order chi connectivity index (χ0) is 17.6. The van der Waals surface area contributed by atoms with E-state index in [4.69, 9.17) is 4.42 Å². The standard InChI is InChI=1S/C19H22N4O2/c1-15-11-18(22(2)21-15)20-19(24)14-23(13-17-9-6-10-25-17)12-16-7-4-3-5-8-16/h3-11H,12-14H2,1-2H3,(H,20,24). The Labute approximate surface area is 147 Å². The normalized spacial score (nSPS) is 11.0. The Hall–Kier alpha value is -2.86. The fraction of sp³-hybridized carbons (Fsp3) is 0.263. The molecule has 130 valence electrons. The van der Waals surface area contributed by atoms with Crippen LogP contribution in [-0.2, 0) is 24.9 Å². The summed E-state index contributed by atoms with van der Waals surface area (Å²) >= 11 is 0. The van der Waals surface area contributed by atoms with Gasteiger partial charge in [0.2, 0.25) is 5.91 Å². The lowest BCUT2D eigenvalue weighted by molar-refractivity contribution is -0.117. The Balaban J connectivity index is 1.67. The van der Waals surface area contributed by atoms with Crippen molar-refractivity contribution in [1.29, 1.82) is 0 Å². The van der Waals surface area contributed by atoms with Crippen molar-refractivity contribution >= 4 is 11.7 Å². The van der Waals surface area contributed by atoms with Gasteiger partial charge in [-0.05, 0) is 24.6 Å². The number of anilines is 1. The number of nitrogens with zero attached hydrogens (tertiary/aromatic N) is 3. The van der Waals surface area contributed by atoms with Gasteiger partial charge in [0.1, 0.15) is 11.6 Å². The zero-order valence-corrected chi connectivity index (χ0v) is 14.5. The number of furan rings is 1. The summed E-state index contributed by atoms with van der Waals surface area (Å²) in [4.78, 5) is 14.5. The smallest absolute Gasteiger partial charge is 0.239 e. The second-order valence-electron chi connectivity index (χ2n) is 6.05. The number of carbonyl (C=O) groups is 1. The summed E-state index contributed by atoms with van der Waals surface area (Å²) in [5, 5.41) is 7.16. The molecule has 0 spiro atoms. The topological polar surface area (TPSA) is 63.3 Å². The van der Waals surface area contributed by atoms with Crippen LogP contribution in [0.2, 0.25) is 0 Å². The number of aryl methyl sites for hydroxylation is 2. The third-order valence-corrected chi connectivity index (χ3v) is 3.85. The van der Waals surface area contributed by atoms with Gasteiger partial charge in [0.05, 0.1) is 25.0 Å². The second-order valence-corrected chi connectivity index (χ2v) is 6.05. The molecular weight excluding hydrogens is 316 g/mol. The van der Waals surface area contributed by atoms with E-state index in [1.54, 1.807) is 10.9 Å². The molecule has 1 amide bonds. The van der Waals surface area contributed by atoms with Crippen molar-refractivity contribution < 1.29 is 9.21 Å². The number of rotatable bonds is 7. The predicted octanol–water partition coefficient (Wildman–Crippen LogP) is 2.96. The molecule has 2 aromatic heterocycles. The van der Waals surface area contributed by atoms with Crippen LogP contribution in [0.4, 0.5) is 5.82 Å². The third kappa shape index (κ3) is 4.81. The van der Waals surface area contributed by atoms with Crippen molar-refractivity contribution in [2.24, 2.45) is 7.05 Å². The van der Waals surface area contributed by atoms with E-state index in [1.165, 1.54) is 0 Å². The van der Waals surface area contributed by atoms with Crippen LogP contribution in [0.5, 0.6) is 0 Å². The highest BCUT2D eigenvalue weighted by Gasteiger charge is 2.15. The van der Waals surface area contributed by atoms with E-state index in [9.17, 15) is 4.79 Å². The lowest BCUT2D eigenvalue weighted by Crippen LogP contribution is -2.32. The number of aromatic nitrogens is 2. The minimum atomic E-state index is -0.0783. The van der Waals surface area contributed by atoms with Crippen molar-refractivity contribution in [3.63, 3.8) is 0 Å².